The van der Waals surface area contributed by atoms with Gasteiger partial charge in [0.1, 0.15) is 0 Å². The maximum atomic E-state index is 11.8. The van der Waals surface area contributed by atoms with Gasteiger partial charge < -0.3 is 15.4 Å². The molecule has 0 spiro atoms. The Kier molecular flexibility index (Phi) is 5.39. The van der Waals surface area contributed by atoms with Gasteiger partial charge in [-0.05, 0) is 30.5 Å². The van der Waals surface area contributed by atoms with Crippen LogP contribution in [-0.4, -0.2) is 31.7 Å². The molecule has 0 radical (unpaired) electrons. The van der Waals surface area contributed by atoms with E-state index in [0.717, 1.165) is 37.3 Å². The smallest absolute Gasteiger partial charge is 0.239 e. The highest BCUT2D eigenvalue weighted by Crippen LogP contribution is 2.10. The number of carbonyl (C=O) groups excluding carboxylic acids is 1. The van der Waals surface area contributed by atoms with E-state index in [-0.39, 0.29) is 18.5 Å². The van der Waals surface area contributed by atoms with E-state index in [9.17, 15) is 4.79 Å². The molecule has 1 saturated heterocycles. The molecule has 1 aromatic carbocycles. The molecule has 5 heteroatoms. The number of benzene rings is 1. The third-order valence-electron chi connectivity index (χ3n) is 3.28. The minimum Gasteiger partial charge on any atom is -0.381 e. The predicted octanol–water partition coefficient (Wildman–Crippen LogP) is 1.46. The molecular weight excluding hydrogens is 254 g/mol. The Morgan fingerprint density at radius 3 is 2.65 bits per heavy atom. The second-order valence-corrected chi connectivity index (χ2v) is 4.84. The highest BCUT2D eigenvalue weighted by Gasteiger charge is 2.15. The summed E-state index contributed by atoms with van der Waals surface area (Å²) in [6, 6.07) is 9.89. The van der Waals surface area contributed by atoms with Crippen LogP contribution in [0.25, 0.3) is 0 Å². The molecule has 1 aromatic rings. The molecule has 0 aliphatic carbocycles. The average molecular weight is 273 g/mol. The van der Waals surface area contributed by atoms with Gasteiger partial charge in [-0.15, -0.1) is 0 Å². The first kappa shape index (κ1) is 14.4. The summed E-state index contributed by atoms with van der Waals surface area (Å²) in [6.45, 7) is 1.70. The van der Waals surface area contributed by atoms with E-state index in [1.54, 1.807) is 0 Å². The Bertz CT molecular complexity index is 473. The predicted molar refractivity (Wildman–Crippen MR) is 76.2 cm³/mol. The number of nitrogens with zero attached hydrogens (tertiary/aromatic N) is 1. The lowest BCUT2D eigenvalue weighted by Crippen LogP contribution is -2.41. The van der Waals surface area contributed by atoms with Crippen LogP contribution >= 0.6 is 0 Å². The van der Waals surface area contributed by atoms with Gasteiger partial charge in [0.15, 0.2) is 0 Å². The van der Waals surface area contributed by atoms with E-state index in [1.807, 2.05) is 24.3 Å². The third kappa shape index (κ3) is 4.56. The summed E-state index contributed by atoms with van der Waals surface area (Å²) in [4.78, 5) is 11.8. The van der Waals surface area contributed by atoms with E-state index in [2.05, 4.69) is 16.7 Å². The minimum absolute atomic E-state index is 0.00185. The molecule has 106 valence electrons. The van der Waals surface area contributed by atoms with Crippen molar-refractivity contribution in [2.45, 2.75) is 25.3 Å². The van der Waals surface area contributed by atoms with Gasteiger partial charge in [0.2, 0.25) is 5.91 Å². The van der Waals surface area contributed by atoms with E-state index < -0.39 is 0 Å². The Balaban J connectivity index is 1.73. The maximum absolute atomic E-state index is 11.8. The lowest BCUT2D eigenvalue weighted by Gasteiger charge is -2.23. The van der Waals surface area contributed by atoms with Gasteiger partial charge in [0, 0.05) is 24.9 Å². The Morgan fingerprint density at radius 1 is 1.30 bits per heavy atom. The Morgan fingerprint density at radius 2 is 2.00 bits per heavy atom. The largest absolute Gasteiger partial charge is 0.381 e. The summed E-state index contributed by atoms with van der Waals surface area (Å²) < 4.78 is 5.25. The van der Waals surface area contributed by atoms with Crippen LogP contribution in [0.3, 0.4) is 0 Å². The van der Waals surface area contributed by atoms with Crippen LogP contribution in [0.4, 0.5) is 5.69 Å². The van der Waals surface area contributed by atoms with Crippen molar-refractivity contribution in [2.24, 2.45) is 0 Å². The van der Waals surface area contributed by atoms with E-state index >= 15 is 0 Å². The standard InChI is InChI=1S/C15H19N3O2/c16-8-5-12-1-3-13(4-2-12)17-11-15(19)18-14-6-9-20-10-7-14/h1-4,14,17H,5-7,9-11H2,(H,18,19). The quantitative estimate of drug-likeness (QED) is 0.851. The lowest BCUT2D eigenvalue weighted by atomic mass is 10.1. The fourth-order valence-corrected chi connectivity index (χ4v) is 2.13. The molecule has 1 aliphatic rings. The number of anilines is 1. The van der Waals surface area contributed by atoms with E-state index in [0.29, 0.717) is 6.42 Å². The normalized spacial score (nSPS) is 15.3. The summed E-state index contributed by atoms with van der Waals surface area (Å²) in [5.41, 5.74) is 1.86. The lowest BCUT2D eigenvalue weighted by molar-refractivity contribution is -0.120. The number of nitrogens with one attached hydrogen (secondary N) is 2. The summed E-state index contributed by atoms with van der Waals surface area (Å²) in [6.07, 6.45) is 2.17. The third-order valence-corrected chi connectivity index (χ3v) is 3.28. The first-order valence-corrected chi connectivity index (χ1v) is 6.85. The van der Waals surface area contributed by atoms with Crippen LogP contribution in [0.2, 0.25) is 0 Å². The van der Waals surface area contributed by atoms with Crippen molar-refractivity contribution in [2.75, 3.05) is 25.1 Å². The second kappa shape index (κ2) is 7.51. The van der Waals surface area contributed by atoms with Crippen LogP contribution in [-0.2, 0) is 16.0 Å². The van der Waals surface area contributed by atoms with Gasteiger partial charge in [-0.25, -0.2) is 0 Å². The van der Waals surface area contributed by atoms with Crippen molar-refractivity contribution in [3.63, 3.8) is 0 Å². The molecule has 1 fully saturated rings. The van der Waals surface area contributed by atoms with Gasteiger partial charge in [-0.1, -0.05) is 12.1 Å². The topological polar surface area (TPSA) is 74.2 Å². The van der Waals surface area contributed by atoms with Gasteiger partial charge in [-0.2, -0.15) is 5.26 Å². The molecule has 2 N–H and O–H groups in total. The molecule has 0 unspecified atom stereocenters. The van der Waals surface area contributed by atoms with Crippen molar-refractivity contribution in [3.05, 3.63) is 29.8 Å². The molecule has 5 nitrogen and oxygen atoms in total. The summed E-state index contributed by atoms with van der Waals surface area (Å²) in [7, 11) is 0. The first-order valence-electron chi connectivity index (χ1n) is 6.85. The number of rotatable bonds is 5. The van der Waals surface area contributed by atoms with Crippen LogP contribution in [0.5, 0.6) is 0 Å². The summed E-state index contributed by atoms with van der Waals surface area (Å²) in [5, 5.41) is 14.7. The molecule has 20 heavy (non-hydrogen) atoms. The molecule has 0 atom stereocenters. The van der Waals surface area contributed by atoms with Gasteiger partial charge >= 0.3 is 0 Å². The van der Waals surface area contributed by atoms with Gasteiger partial charge in [-0.3, -0.25) is 4.79 Å². The molecule has 1 aliphatic heterocycles. The zero-order valence-electron chi connectivity index (χ0n) is 11.4. The molecule has 0 saturated carbocycles. The van der Waals surface area contributed by atoms with Crippen LogP contribution < -0.4 is 10.6 Å². The van der Waals surface area contributed by atoms with Gasteiger partial charge in [0.25, 0.3) is 0 Å². The number of hydrogen-bond acceptors (Lipinski definition) is 4. The van der Waals surface area contributed by atoms with Crippen molar-refractivity contribution in [1.29, 1.82) is 5.26 Å². The van der Waals surface area contributed by atoms with Crippen molar-refractivity contribution < 1.29 is 9.53 Å². The molecule has 1 amide bonds. The number of hydrogen-bond donors (Lipinski definition) is 2. The van der Waals surface area contributed by atoms with Crippen molar-refractivity contribution in [3.8, 4) is 6.07 Å². The summed E-state index contributed by atoms with van der Waals surface area (Å²) in [5.74, 6) is -0.00185. The Labute approximate surface area is 118 Å². The van der Waals surface area contributed by atoms with Crippen molar-refractivity contribution in [1.82, 2.24) is 5.32 Å². The molecule has 0 aromatic heterocycles. The van der Waals surface area contributed by atoms with Crippen LogP contribution in [0.15, 0.2) is 24.3 Å². The zero-order valence-corrected chi connectivity index (χ0v) is 11.4. The maximum Gasteiger partial charge on any atom is 0.239 e. The van der Waals surface area contributed by atoms with Gasteiger partial charge in [0.05, 0.1) is 19.0 Å². The fourth-order valence-electron chi connectivity index (χ4n) is 2.13. The number of amides is 1. The molecule has 1 heterocycles. The van der Waals surface area contributed by atoms with E-state index in [4.69, 9.17) is 10.00 Å². The number of ether oxygens (including phenoxy) is 1. The highest BCUT2D eigenvalue weighted by atomic mass is 16.5. The minimum atomic E-state index is -0.00185. The average Bonchev–Trinajstić information content (AvgIpc) is 2.48. The highest BCUT2D eigenvalue weighted by molar-refractivity contribution is 5.80. The monoisotopic (exact) mass is 273 g/mol. The molecule has 2 rings (SSSR count). The SMILES string of the molecule is N#CCc1ccc(NCC(=O)NC2CCOCC2)cc1. The van der Waals surface area contributed by atoms with Crippen LogP contribution in [0.1, 0.15) is 18.4 Å². The second-order valence-electron chi connectivity index (χ2n) is 4.84. The fraction of sp³-hybridized carbons (Fsp3) is 0.467. The van der Waals surface area contributed by atoms with Crippen LogP contribution in [0, 0.1) is 11.3 Å². The van der Waals surface area contributed by atoms with Crippen molar-refractivity contribution >= 4 is 11.6 Å². The Hall–Kier alpha value is -2.06. The number of carbonyl (C=O) groups is 1. The van der Waals surface area contributed by atoms with E-state index in [1.165, 1.54) is 0 Å². The molecule has 0 bridgehead atoms. The zero-order chi connectivity index (χ0) is 14.2. The molecular formula is C15H19N3O2. The first-order chi connectivity index (χ1) is 9.78. The number of nitriles is 1. The summed E-state index contributed by atoms with van der Waals surface area (Å²) >= 11 is 0.